The molecule has 2 atom stereocenters. The van der Waals surface area contributed by atoms with E-state index in [1.54, 1.807) is 0 Å². The molecule has 0 aliphatic carbocycles. The van der Waals surface area contributed by atoms with Crippen LogP contribution in [0.1, 0.15) is 12.0 Å². The highest BCUT2D eigenvalue weighted by Crippen LogP contribution is 2.16. The fourth-order valence-corrected chi connectivity index (χ4v) is 2.10. The van der Waals surface area contributed by atoms with Gasteiger partial charge in [-0.25, -0.2) is 0 Å². The minimum Gasteiger partial charge on any atom is -0.395 e. The molecule has 0 aromatic heterocycles. The maximum atomic E-state index is 9.63. The molecular formula is C14H17NO2. The Balaban J connectivity index is 1.93. The summed E-state index contributed by atoms with van der Waals surface area (Å²) in [6.45, 7) is 1.39. The van der Waals surface area contributed by atoms with Gasteiger partial charge >= 0.3 is 0 Å². The lowest BCUT2D eigenvalue weighted by Gasteiger charge is -2.21. The molecule has 0 amide bonds. The third-order valence-electron chi connectivity index (χ3n) is 3.10. The number of hydrogen-bond donors (Lipinski definition) is 2. The van der Waals surface area contributed by atoms with Gasteiger partial charge in [0.15, 0.2) is 0 Å². The molecule has 2 rings (SSSR count). The number of nitrogens with zero attached hydrogens (tertiary/aromatic N) is 1. The highest BCUT2D eigenvalue weighted by Gasteiger charge is 2.31. The summed E-state index contributed by atoms with van der Waals surface area (Å²) in [4.78, 5) is 2.03. The van der Waals surface area contributed by atoms with E-state index in [0.717, 1.165) is 18.5 Å². The Kier molecular flexibility index (Phi) is 4.16. The molecular weight excluding hydrogens is 214 g/mol. The van der Waals surface area contributed by atoms with Gasteiger partial charge in [0.25, 0.3) is 0 Å². The van der Waals surface area contributed by atoms with Crippen molar-refractivity contribution >= 4 is 0 Å². The van der Waals surface area contributed by atoms with Crippen LogP contribution in [0.5, 0.6) is 0 Å². The highest BCUT2D eigenvalue weighted by molar-refractivity contribution is 5.33. The zero-order valence-corrected chi connectivity index (χ0v) is 9.71. The topological polar surface area (TPSA) is 43.7 Å². The molecule has 0 saturated carbocycles. The first-order valence-electron chi connectivity index (χ1n) is 5.88. The first kappa shape index (κ1) is 12.1. The van der Waals surface area contributed by atoms with Crippen molar-refractivity contribution in [2.45, 2.75) is 18.6 Å². The fraction of sp³-hybridized carbons (Fsp3) is 0.429. The molecule has 1 aliphatic rings. The van der Waals surface area contributed by atoms with Gasteiger partial charge in [-0.3, -0.25) is 4.90 Å². The largest absolute Gasteiger partial charge is 0.395 e. The Morgan fingerprint density at radius 1 is 1.29 bits per heavy atom. The second-order valence-electron chi connectivity index (χ2n) is 4.24. The van der Waals surface area contributed by atoms with Crippen LogP contribution in [0.2, 0.25) is 0 Å². The van der Waals surface area contributed by atoms with Crippen molar-refractivity contribution in [1.82, 2.24) is 4.90 Å². The standard InChI is InChI=1S/C14H17NO2/c16-11-13-14(17)8-10-15(13)9-4-7-12-5-2-1-3-6-12/h1-3,5-6,13-14,16-17H,8-11H2. The van der Waals surface area contributed by atoms with Crippen molar-refractivity contribution in [2.75, 3.05) is 19.7 Å². The molecule has 1 saturated heterocycles. The van der Waals surface area contributed by atoms with Crippen molar-refractivity contribution in [2.24, 2.45) is 0 Å². The van der Waals surface area contributed by atoms with E-state index in [9.17, 15) is 10.2 Å². The van der Waals surface area contributed by atoms with Gasteiger partial charge in [-0.05, 0) is 18.6 Å². The fourth-order valence-electron chi connectivity index (χ4n) is 2.10. The van der Waals surface area contributed by atoms with E-state index in [4.69, 9.17) is 0 Å². The third kappa shape index (κ3) is 3.07. The van der Waals surface area contributed by atoms with Crippen LogP contribution in [0.3, 0.4) is 0 Å². The number of rotatable bonds is 2. The summed E-state index contributed by atoms with van der Waals surface area (Å²) in [6, 6.07) is 9.66. The van der Waals surface area contributed by atoms with E-state index in [1.807, 2.05) is 35.2 Å². The van der Waals surface area contributed by atoms with Crippen molar-refractivity contribution in [3.05, 3.63) is 35.9 Å². The summed E-state index contributed by atoms with van der Waals surface area (Å²) in [5.74, 6) is 6.16. The maximum absolute atomic E-state index is 9.63. The zero-order chi connectivity index (χ0) is 12.1. The Morgan fingerprint density at radius 2 is 2.06 bits per heavy atom. The van der Waals surface area contributed by atoms with Gasteiger partial charge in [-0.15, -0.1) is 0 Å². The molecule has 0 radical (unpaired) electrons. The average Bonchev–Trinajstić information content (AvgIpc) is 2.71. The molecule has 0 spiro atoms. The smallest absolute Gasteiger partial charge is 0.0730 e. The molecule has 1 aromatic carbocycles. The number of hydrogen-bond acceptors (Lipinski definition) is 3. The summed E-state index contributed by atoms with van der Waals surface area (Å²) in [7, 11) is 0. The van der Waals surface area contributed by atoms with Crippen LogP contribution >= 0.6 is 0 Å². The second-order valence-corrected chi connectivity index (χ2v) is 4.24. The van der Waals surface area contributed by atoms with Crippen molar-refractivity contribution < 1.29 is 10.2 Å². The Hall–Kier alpha value is -1.34. The van der Waals surface area contributed by atoms with Gasteiger partial charge in [0, 0.05) is 12.1 Å². The minimum atomic E-state index is -0.418. The molecule has 0 bridgehead atoms. The van der Waals surface area contributed by atoms with Crippen LogP contribution in [0.15, 0.2) is 30.3 Å². The van der Waals surface area contributed by atoms with E-state index in [1.165, 1.54) is 0 Å². The summed E-state index contributed by atoms with van der Waals surface area (Å²) in [6.07, 6.45) is 0.302. The lowest BCUT2D eigenvalue weighted by molar-refractivity contribution is 0.0772. The van der Waals surface area contributed by atoms with Crippen molar-refractivity contribution in [3.8, 4) is 11.8 Å². The first-order chi connectivity index (χ1) is 8.31. The highest BCUT2D eigenvalue weighted by atomic mass is 16.3. The van der Waals surface area contributed by atoms with Crippen molar-refractivity contribution in [1.29, 1.82) is 0 Å². The number of aliphatic hydroxyl groups excluding tert-OH is 2. The minimum absolute atomic E-state index is 0.00577. The number of aliphatic hydroxyl groups is 2. The molecule has 2 N–H and O–H groups in total. The van der Waals surface area contributed by atoms with Crippen LogP contribution in [-0.4, -0.2) is 47.0 Å². The normalized spacial score (nSPS) is 24.4. The van der Waals surface area contributed by atoms with Gasteiger partial charge in [0.1, 0.15) is 0 Å². The van der Waals surface area contributed by atoms with Gasteiger partial charge < -0.3 is 10.2 Å². The number of benzene rings is 1. The SMILES string of the molecule is OCC1C(O)CCN1CC#Cc1ccccc1. The summed E-state index contributed by atoms with van der Waals surface area (Å²) in [5.41, 5.74) is 0.993. The quantitative estimate of drug-likeness (QED) is 0.727. The van der Waals surface area contributed by atoms with Crippen LogP contribution < -0.4 is 0 Å². The maximum Gasteiger partial charge on any atom is 0.0730 e. The average molecular weight is 231 g/mol. The summed E-state index contributed by atoms with van der Waals surface area (Å²) < 4.78 is 0. The van der Waals surface area contributed by atoms with E-state index in [0.29, 0.717) is 6.54 Å². The summed E-state index contributed by atoms with van der Waals surface area (Å²) in [5, 5.41) is 18.8. The molecule has 90 valence electrons. The Bertz CT molecular complexity index is 407. The first-order valence-corrected chi connectivity index (χ1v) is 5.88. The van der Waals surface area contributed by atoms with Crippen LogP contribution in [-0.2, 0) is 0 Å². The van der Waals surface area contributed by atoms with Crippen LogP contribution in [0.25, 0.3) is 0 Å². The second kappa shape index (κ2) is 5.83. The third-order valence-corrected chi connectivity index (χ3v) is 3.10. The molecule has 1 aromatic rings. The number of likely N-dealkylation sites (tertiary alicyclic amines) is 1. The monoisotopic (exact) mass is 231 g/mol. The van der Waals surface area contributed by atoms with Gasteiger partial charge in [-0.2, -0.15) is 0 Å². The zero-order valence-electron chi connectivity index (χ0n) is 9.71. The molecule has 3 nitrogen and oxygen atoms in total. The predicted octanol–water partition coefficient (Wildman–Crippen LogP) is 0.466. The van der Waals surface area contributed by atoms with Gasteiger partial charge in [-0.1, -0.05) is 30.0 Å². The molecule has 1 fully saturated rings. The van der Waals surface area contributed by atoms with Gasteiger partial charge in [0.2, 0.25) is 0 Å². The lowest BCUT2D eigenvalue weighted by atomic mass is 10.2. The summed E-state index contributed by atoms with van der Waals surface area (Å²) >= 11 is 0. The molecule has 17 heavy (non-hydrogen) atoms. The van der Waals surface area contributed by atoms with Crippen molar-refractivity contribution in [3.63, 3.8) is 0 Å². The predicted molar refractivity (Wildman–Crippen MR) is 66.4 cm³/mol. The van der Waals surface area contributed by atoms with Crippen LogP contribution in [0.4, 0.5) is 0 Å². The van der Waals surface area contributed by atoms with Crippen LogP contribution in [0, 0.1) is 11.8 Å². The Morgan fingerprint density at radius 3 is 2.76 bits per heavy atom. The molecule has 3 heteroatoms. The van der Waals surface area contributed by atoms with E-state index < -0.39 is 6.10 Å². The van der Waals surface area contributed by atoms with Gasteiger partial charge in [0.05, 0.1) is 25.3 Å². The molecule has 2 unspecified atom stereocenters. The molecule has 1 aliphatic heterocycles. The van der Waals surface area contributed by atoms with E-state index >= 15 is 0 Å². The Labute approximate surface area is 102 Å². The molecule has 1 heterocycles. The van der Waals surface area contributed by atoms with E-state index in [2.05, 4.69) is 11.8 Å². The lowest BCUT2D eigenvalue weighted by Crippen LogP contribution is -2.38. The van der Waals surface area contributed by atoms with E-state index in [-0.39, 0.29) is 12.6 Å².